The number of amides is 1. The van der Waals surface area contributed by atoms with Crippen molar-refractivity contribution in [3.05, 3.63) is 60.2 Å². The number of ether oxygens (including phenoxy) is 2. The van der Waals surface area contributed by atoms with Crippen molar-refractivity contribution in [2.75, 3.05) is 6.54 Å². The van der Waals surface area contributed by atoms with Crippen LogP contribution in [0.5, 0.6) is 0 Å². The van der Waals surface area contributed by atoms with E-state index in [-0.39, 0.29) is 17.8 Å². The molecule has 2 aliphatic carbocycles. The Bertz CT molecular complexity index is 1020. The second-order valence-corrected chi connectivity index (χ2v) is 8.99. The third kappa shape index (κ3) is 3.01. The van der Waals surface area contributed by atoms with Crippen LogP contribution in [0, 0.1) is 23.6 Å². The molecule has 0 radical (unpaired) electrons. The van der Waals surface area contributed by atoms with Gasteiger partial charge in [0.1, 0.15) is 11.4 Å². The molecule has 4 fully saturated rings. The summed E-state index contributed by atoms with van der Waals surface area (Å²) in [7, 11) is 0. The standard InChI is InChI=1S/C24H23FN2O3/c25-17-3-1-2-14(8-17)15-4-5-18(26-12-15)6-7-20-19-10-22-21(29-22)9-16(19)11-24(20)13-27-23(28)30-24/h1-8,12,16,19-22H,9-11,13H2,(H,27,28)/b7-6+/t16-,19+,20-,21-,22+,24?/m0/s1. The Morgan fingerprint density at radius 1 is 1.17 bits per heavy atom. The molecule has 2 saturated carbocycles. The number of nitrogens with one attached hydrogen (secondary N) is 1. The topological polar surface area (TPSA) is 63.8 Å². The Kier molecular flexibility index (Phi) is 4.00. The van der Waals surface area contributed by atoms with E-state index in [2.05, 4.69) is 16.4 Å². The molecule has 6 atom stereocenters. The average molecular weight is 406 g/mol. The van der Waals surface area contributed by atoms with Gasteiger partial charge in [-0.1, -0.05) is 24.3 Å². The summed E-state index contributed by atoms with van der Waals surface area (Å²) in [5.41, 5.74) is 2.06. The van der Waals surface area contributed by atoms with Crippen molar-refractivity contribution in [1.82, 2.24) is 10.3 Å². The average Bonchev–Trinajstić information content (AvgIpc) is 3.31. The normalized spacial score (nSPS) is 36.4. The van der Waals surface area contributed by atoms with Crippen molar-refractivity contribution in [2.24, 2.45) is 17.8 Å². The lowest BCUT2D eigenvalue weighted by atomic mass is 9.77. The number of halogens is 1. The van der Waals surface area contributed by atoms with E-state index >= 15 is 0 Å². The van der Waals surface area contributed by atoms with Gasteiger partial charge in [-0.15, -0.1) is 0 Å². The summed E-state index contributed by atoms with van der Waals surface area (Å²) in [4.78, 5) is 16.4. The van der Waals surface area contributed by atoms with Crippen LogP contribution in [0.3, 0.4) is 0 Å². The van der Waals surface area contributed by atoms with Gasteiger partial charge in [0.2, 0.25) is 0 Å². The van der Waals surface area contributed by atoms with Crippen LogP contribution in [-0.4, -0.2) is 35.4 Å². The van der Waals surface area contributed by atoms with Crippen molar-refractivity contribution < 1.29 is 18.7 Å². The van der Waals surface area contributed by atoms with Crippen LogP contribution < -0.4 is 5.32 Å². The Labute approximate surface area is 174 Å². The van der Waals surface area contributed by atoms with Crippen LogP contribution in [0.15, 0.2) is 48.7 Å². The highest BCUT2D eigenvalue weighted by Gasteiger charge is 2.62. The van der Waals surface area contributed by atoms with Crippen LogP contribution in [0.2, 0.25) is 0 Å². The molecular weight excluding hydrogens is 383 g/mol. The molecule has 1 unspecified atom stereocenters. The molecule has 1 aromatic carbocycles. The Balaban J connectivity index is 1.25. The predicted octanol–water partition coefficient (Wildman–Crippen LogP) is 4.19. The van der Waals surface area contributed by atoms with E-state index in [1.807, 2.05) is 24.3 Å². The zero-order chi connectivity index (χ0) is 20.3. The maximum atomic E-state index is 13.5. The van der Waals surface area contributed by atoms with Gasteiger partial charge in [0.25, 0.3) is 0 Å². The number of hydrogen-bond acceptors (Lipinski definition) is 4. The number of carbonyl (C=O) groups excluding carboxylic acids is 1. The van der Waals surface area contributed by atoms with Gasteiger partial charge in [-0.25, -0.2) is 9.18 Å². The quantitative estimate of drug-likeness (QED) is 0.777. The van der Waals surface area contributed by atoms with Gasteiger partial charge in [0.15, 0.2) is 0 Å². The Morgan fingerprint density at radius 2 is 2.07 bits per heavy atom. The zero-order valence-corrected chi connectivity index (χ0v) is 16.5. The molecule has 0 bridgehead atoms. The molecule has 4 aliphatic rings. The Morgan fingerprint density at radius 3 is 2.83 bits per heavy atom. The van der Waals surface area contributed by atoms with Crippen molar-refractivity contribution in [1.29, 1.82) is 0 Å². The van der Waals surface area contributed by atoms with Gasteiger partial charge in [0.05, 0.1) is 24.4 Å². The molecule has 1 aromatic heterocycles. The minimum atomic E-state index is -0.457. The molecule has 6 rings (SSSR count). The van der Waals surface area contributed by atoms with E-state index in [1.54, 1.807) is 12.3 Å². The number of aromatic nitrogens is 1. The maximum Gasteiger partial charge on any atom is 0.407 e. The largest absolute Gasteiger partial charge is 0.440 e. The first-order valence-electron chi connectivity index (χ1n) is 10.6. The molecule has 2 aromatic rings. The second-order valence-electron chi connectivity index (χ2n) is 8.99. The van der Waals surface area contributed by atoms with Gasteiger partial charge in [-0.05, 0) is 60.9 Å². The van der Waals surface area contributed by atoms with E-state index in [1.165, 1.54) is 12.1 Å². The van der Waals surface area contributed by atoms with Crippen molar-refractivity contribution >= 4 is 12.2 Å². The SMILES string of the molecule is O=C1NCC2(C[C@@H]3C[C@@H]4O[C@@H]4C[C@H]3[C@@H]2/C=C/c2ccc(-c3cccc(F)c3)cn2)O1. The van der Waals surface area contributed by atoms with Gasteiger partial charge in [0, 0.05) is 17.7 Å². The fraction of sp³-hybridized carbons (Fsp3) is 0.417. The number of carbonyl (C=O) groups is 1. The van der Waals surface area contributed by atoms with E-state index in [0.29, 0.717) is 30.6 Å². The summed E-state index contributed by atoms with van der Waals surface area (Å²) in [6.07, 6.45) is 9.44. The smallest absolute Gasteiger partial charge is 0.407 e. The number of rotatable bonds is 3. The van der Waals surface area contributed by atoms with Gasteiger partial charge in [-0.3, -0.25) is 4.98 Å². The first-order valence-corrected chi connectivity index (χ1v) is 10.6. The van der Waals surface area contributed by atoms with Gasteiger partial charge in [-0.2, -0.15) is 0 Å². The number of fused-ring (bicyclic) bond motifs is 2. The summed E-state index contributed by atoms with van der Waals surface area (Å²) in [6.45, 7) is 0.565. The lowest BCUT2D eigenvalue weighted by Crippen LogP contribution is -2.38. The molecule has 1 N–H and O–H groups in total. The highest BCUT2D eigenvalue weighted by atomic mass is 19.1. The first kappa shape index (κ1) is 18.1. The number of nitrogens with zero attached hydrogens (tertiary/aromatic N) is 1. The van der Waals surface area contributed by atoms with Crippen LogP contribution in [0.1, 0.15) is 25.0 Å². The van der Waals surface area contributed by atoms with Crippen molar-refractivity contribution in [3.63, 3.8) is 0 Å². The van der Waals surface area contributed by atoms with Crippen LogP contribution in [0.25, 0.3) is 17.2 Å². The highest BCUT2D eigenvalue weighted by Crippen LogP contribution is 2.57. The van der Waals surface area contributed by atoms with Crippen LogP contribution in [-0.2, 0) is 9.47 Å². The molecule has 30 heavy (non-hydrogen) atoms. The van der Waals surface area contributed by atoms with Gasteiger partial charge >= 0.3 is 6.09 Å². The number of benzene rings is 1. The lowest BCUT2D eigenvalue weighted by Gasteiger charge is -2.29. The number of alkyl carbamates (subject to hydrolysis) is 1. The molecule has 2 saturated heterocycles. The highest BCUT2D eigenvalue weighted by molar-refractivity contribution is 5.70. The first-order chi connectivity index (χ1) is 14.6. The molecule has 3 heterocycles. The second kappa shape index (κ2) is 6.64. The fourth-order valence-corrected chi connectivity index (χ4v) is 5.81. The maximum absolute atomic E-state index is 13.5. The minimum absolute atomic E-state index is 0.149. The lowest BCUT2D eigenvalue weighted by molar-refractivity contribution is 0.0313. The summed E-state index contributed by atoms with van der Waals surface area (Å²) < 4.78 is 25.1. The predicted molar refractivity (Wildman–Crippen MR) is 109 cm³/mol. The minimum Gasteiger partial charge on any atom is -0.440 e. The molecule has 1 amide bonds. The monoisotopic (exact) mass is 406 g/mol. The summed E-state index contributed by atoms with van der Waals surface area (Å²) >= 11 is 0. The number of epoxide rings is 1. The van der Waals surface area contributed by atoms with Crippen LogP contribution in [0.4, 0.5) is 9.18 Å². The Hall–Kier alpha value is -2.73. The molecule has 5 nitrogen and oxygen atoms in total. The van der Waals surface area contributed by atoms with Crippen molar-refractivity contribution in [2.45, 2.75) is 37.1 Å². The zero-order valence-electron chi connectivity index (χ0n) is 16.5. The van der Waals surface area contributed by atoms with E-state index < -0.39 is 5.60 Å². The third-order valence-corrected chi connectivity index (χ3v) is 7.26. The van der Waals surface area contributed by atoms with E-state index in [0.717, 1.165) is 36.1 Å². The fourth-order valence-electron chi connectivity index (χ4n) is 5.81. The molecule has 6 heteroatoms. The molecule has 1 spiro atoms. The summed E-state index contributed by atoms with van der Waals surface area (Å²) in [5, 5.41) is 2.87. The van der Waals surface area contributed by atoms with Gasteiger partial charge < -0.3 is 14.8 Å². The summed E-state index contributed by atoms with van der Waals surface area (Å²) in [6, 6.07) is 10.4. The van der Waals surface area contributed by atoms with E-state index in [9.17, 15) is 9.18 Å². The number of pyridine rings is 1. The van der Waals surface area contributed by atoms with Crippen molar-refractivity contribution in [3.8, 4) is 11.1 Å². The van der Waals surface area contributed by atoms with E-state index in [4.69, 9.17) is 9.47 Å². The molecular formula is C24H23FN2O3. The van der Waals surface area contributed by atoms with Crippen LogP contribution >= 0.6 is 0 Å². The number of hydrogen-bond donors (Lipinski definition) is 1. The molecule has 154 valence electrons. The third-order valence-electron chi connectivity index (χ3n) is 7.26. The molecule has 2 aliphatic heterocycles. The summed E-state index contributed by atoms with van der Waals surface area (Å²) in [5.74, 6) is 0.881.